The van der Waals surface area contributed by atoms with E-state index in [9.17, 15) is 0 Å². The molecule has 0 bridgehead atoms. The van der Waals surface area contributed by atoms with Gasteiger partial charge in [0.05, 0.1) is 0 Å². The molecular weight excluding hydrogens is 242 g/mol. The van der Waals surface area contributed by atoms with Gasteiger partial charge in [-0.25, -0.2) is 0 Å². The highest BCUT2D eigenvalue weighted by Gasteiger charge is 2.33. The Morgan fingerprint density at radius 1 is 1.21 bits per heavy atom. The van der Waals surface area contributed by atoms with Gasteiger partial charge < -0.3 is 9.15 Å². The summed E-state index contributed by atoms with van der Waals surface area (Å²) in [6.45, 7) is 0. The average Bonchev–Trinajstić information content (AvgIpc) is 3.01. The summed E-state index contributed by atoms with van der Waals surface area (Å²) in [6, 6.07) is 9.69. The Balaban J connectivity index is 1.43. The number of rotatable bonds is 3. The van der Waals surface area contributed by atoms with Crippen LogP contribution in [0, 0.1) is 0 Å². The van der Waals surface area contributed by atoms with Crippen LogP contribution in [0.2, 0.25) is 0 Å². The molecule has 1 aliphatic carbocycles. The van der Waals surface area contributed by atoms with E-state index in [0.29, 0.717) is 12.0 Å². The number of oxazole rings is 1. The number of hydrogen-bond acceptors (Lipinski definition) is 4. The van der Waals surface area contributed by atoms with Gasteiger partial charge in [-0.1, -0.05) is 12.1 Å². The topological polar surface area (TPSA) is 63.9 Å². The zero-order valence-corrected chi connectivity index (χ0v) is 10.2. The second-order valence-electron chi connectivity index (χ2n) is 4.87. The van der Waals surface area contributed by atoms with Crippen LogP contribution in [-0.4, -0.2) is 21.3 Å². The predicted octanol–water partition coefficient (Wildman–Crippen LogP) is 2.88. The number of hydrogen-bond donors (Lipinski definition) is 1. The third kappa shape index (κ3) is 1.87. The van der Waals surface area contributed by atoms with Crippen molar-refractivity contribution in [1.29, 1.82) is 0 Å². The van der Waals surface area contributed by atoms with Gasteiger partial charge in [0, 0.05) is 17.8 Å². The van der Waals surface area contributed by atoms with Crippen LogP contribution in [0.15, 0.2) is 40.9 Å². The summed E-state index contributed by atoms with van der Waals surface area (Å²) in [7, 11) is 0. The minimum atomic E-state index is 0.182. The first-order chi connectivity index (χ1) is 9.38. The van der Waals surface area contributed by atoms with E-state index in [1.807, 2.05) is 30.3 Å². The fourth-order valence-electron chi connectivity index (χ4n) is 2.45. The zero-order chi connectivity index (χ0) is 12.7. The second kappa shape index (κ2) is 4.12. The highest BCUT2D eigenvalue weighted by atomic mass is 16.6. The van der Waals surface area contributed by atoms with Crippen LogP contribution in [-0.2, 0) is 0 Å². The average molecular weight is 255 g/mol. The first kappa shape index (κ1) is 10.6. The van der Waals surface area contributed by atoms with E-state index in [4.69, 9.17) is 9.15 Å². The first-order valence-electron chi connectivity index (χ1n) is 6.40. The lowest BCUT2D eigenvalue weighted by Crippen LogP contribution is -2.32. The molecule has 0 spiro atoms. The molecule has 4 rings (SSSR count). The maximum Gasteiger partial charge on any atom is 0.394 e. The minimum absolute atomic E-state index is 0.182. The molecule has 1 aliphatic rings. The lowest BCUT2D eigenvalue weighted by molar-refractivity contribution is 0.0672. The third-order valence-electron chi connectivity index (χ3n) is 3.60. The molecule has 1 N–H and O–H groups in total. The number of aromatic nitrogens is 3. The minimum Gasteiger partial charge on any atom is -0.447 e. The highest BCUT2D eigenvalue weighted by Crippen LogP contribution is 2.38. The standard InChI is InChI=1S/C14H13N3O2/c1-2-4-13-12(3-1)16-14(19-13)18-10-7-9(8-10)11-5-6-15-17-11/h1-6,9-10H,7-8H2,(H,15,17). The maximum atomic E-state index is 5.75. The summed E-state index contributed by atoms with van der Waals surface area (Å²) in [5.74, 6) is 0.511. The number of benzene rings is 1. The van der Waals surface area contributed by atoms with Crippen LogP contribution < -0.4 is 4.74 Å². The molecule has 0 aliphatic heterocycles. The van der Waals surface area contributed by atoms with Gasteiger partial charge in [-0.05, 0) is 31.0 Å². The molecule has 0 atom stereocenters. The number of para-hydroxylation sites is 2. The Hall–Kier alpha value is -2.30. The van der Waals surface area contributed by atoms with Crippen molar-refractivity contribution in [2.24, 2.45) is 0 Å². The van der Waals surface area contributed by atoms with Crippen molar-refractivity contribution in [3.05, 3.63) is 42.2 Å². The van der Waals surface area contributed by atoms with Crippen molar-refractivity contribution in [3.8, 4) is 6.08 Å². The summed E-state index contributed by atoms with van der Waals surface area (Å²) in [6.07, 6.45) is 4.28. The van der Waals surface area contributed by atoms with Crippen LogP contribution in [0.3, 0.4) is 0 Å². The number of H-pyrrole nitrogens is 1. The summed E-state index contributed by atoms with van der Waals surface area (Å²) < 4.78 is 11.3. The van der Waals surface area contributed by atoms with Crippen LogP contribution in [0.1, 0.15) is 24.5 Å². The van der Waals surface area contributed by atoms with Crippen molar-refractivity contribution in [2.45, 2.75) is 24.9 Å². The summed E-state index contributed by atoms with van der Waals surface area (Å²) in [4.78, 5) is 4.31. The summed E-state index contributed by atoms with van der Waals surface area (Å²) >= 11 is 0. The number of aromatic amines is 1. The number of ether oxygens (including phenoxy) is 1. The molecule has 5 heteroatoms. The molecule has 2 heterocycles. The molecular formula is C14H13N3O2. The largest absolute Gasteiger partial charge is 0.447 e. The molecule has 1 fully saturated rings. The Morgan fingerprint density at radius 2 is 2.11 bits per heavy atom. The summed E-state index contributed by atoms with van der Waals surface area (Å²) in [5, 5.41) is 6.97. The van der Waals surface area contributed by atoms with Gasteiger partial charge in [-0.2, -0.15) is 10.1 Å². The van der Waals surface area contributed by atoms with Crippen molar-refractivity contribution in [1.82, 2.24) is 15.2 Å². The van der Waals surface area contributed by atoms with Gasteiger partial charge in [0.15, 0.2) is 5.58 Å². The van der Waals surface area contributed by atoms with Gasteiger partial charge in [-0.15, -0.1) is 0 Å². The lowest BCUT2D eigenvalue weighted by Gasteiger charge is -2.33. The van der Waals surface area contributed by atoms with Gasteiger partial charge >= 0.3 is 6.08 Å². The van der Waals surface area contributed by atoms with E-state index in [0.717, 1.165) is 23.9 Å². The second-order valence-corrected chi connectivity index (χ2v) is 4.87. The Kier molecular flexibility index (Phi) is 2.30. The van der Waals surface area contributed by atoms with E-state index in [-0.39, 0.29) is 6.10 Å². The van der Waals surface area contributed by atoms with Gasteiger partial charge in [0.25, 0.3) is 0 Å². The molecule has 1 aromatic carbocycles. The molecule has 0 unspecified atom stereocenters. The summed E-state index contributed by atoms with van der Waals surface area (Å²) in [5.41, 5.74) is 2.78. The van der Waals surface area contributed by atoms with Crippen molar-refractivity contribution >= 4 is 11.1 Å². The molecule has 96 valence electrons. The maximum absolute atomic E-state index is 5.75. The number of fused-ring (bicyclic) bond motifs is 1. The van der Waals surface area contributed by atoms with Crippen LogP contribution in [0.4, 0.5) is 0 Å². The van der Waals surface area contributed by atoms with E-state index >= 15 is 0 Å². The zero-order valence-electron chi connectivity index (χ0n) is 10.2. The smallest absolute Gasteiger partial charge is 0.394 e. The Bertz CT molecular complexity index is 651. The molecule has 0 saturated heterocycles. The Labute approximate surface area is 109 Å². The van der Waals surface area contributed by atoms with Gasteiger partial charge in [0.1, 0.15) is 11.6 Å². The van der Waals surface area contributed by atoms with Crippen LogP contribution in [0.25, 0.3) is 11.1 Å². The number of nitrogens with zero attached hydrogens (tertiary/aromatic N) is 2. The molecule has 19 heavy (non-hydrogen) atoms. The third-order valence-corrected chi connectivity index (χ3v) is 3.60. The van der Waals surface area contributed by atoms with Crippen molar-refractivity contribution < 1.29 is 9.15 Å². The van der Waals surface area contributed by atoms with Crippen molar-refractivity contribution in [2.75, 3.05) is 0 Å². The lowest BCUT2D eigenvalue weighted by atomic mass is 9.80. The van der Waals surface area contributed by atoms with E-state index in [1.165, 1.54) is 5.69 Å². The van der Waals surface area contributed by atoms with Crippen molar-refractivity contribution in [3.63, 3.8) is 0 Å². The number of nitrogens with one attached hydrogen (secondary N) is 1. The fourth-order valence-corrected chi connectivity index (χ4v) is 2.45. The molecule has 3 aromatic rings. The highest BCUT2D eigenvalue weighted by molar-refractivity contribution is 5.72. The molecule has 1 saturated carbocycles. The Morgan fingerprint density at radius 3 is 2.89 bits per heavy atom. The van der Waals surface area contributed by atoms with Gasteiger partial charge in [-0.3, -0.25) is 5.10 Å². The van der Waals surface area contributed by atoms with Crippen LogP contribution >= 0.6 is 0 Å². The van der Waals surface area contributed by atoms with E-state index < -0.39 is 0 Å². The monoisotopic (exact) mass is 255 g/mol. The van der Waals surface area contributed by atoms with Crippen LogP contribution in [0.5, 0.6) is 6.08 Å². The molecule has 2 aromatic heterocycles. The molecule has 0 radical (unpaired) electrons. The SMILES string of the molecule is c1ccc2oc(OC3CC(c4ccn[nH]4)C3)nc2c1. The van der Waals surface area contributed by atoms with E-state index in [2.05, 4.69) is 15.2 Å². The first-order valence-corrected chi connectivity index (χ1v) is 6.40. The van der Waals surface area contributed by atoms with E-state index in [1.54, 1.807) is 6.20 Å². The molecule has 0 amide bonds. The quantitative estimate of drug-likeness (QED) is 0.781. The fraction of sp³-hybridized carbons (Fsp3) is 0.286. The molecule has 5 nitrogen and oxygen atoms in total. The van der Waals surface area contributed by atoms with Gasteiger partial charge in [0.2, 0.25) is 0 Å². The normalized spacial score (nSPS) is 22.3. The predicted molar refractivity (Wildman–Crippen MR) is 69.0 cm³/mol.